The number of rotatable bonds is 6. The second-order valence-electron chi connectivity index (χ2n) is 9.81. The molecule has 2 bridgehead atoms. The maximum atomic E-state index is 7.05. The van der Waals surface area contributed by atoms with Crippen molar-refractivity contribution in [2.45, 2.75) is 38.3 Å². The Balaban J connectivity index is 1.48. The third-order valence-electron chi connectivity index (χ3n) is 8.10. The molecular weight excluding hydrogens is 420 g/mol. The monoisotopic (exact) mass is 452 g/mol. The minimum absolute atomic E-state index is 0.0796. The molecule has 3 aliphatic rings. The Labute approximate surface area is 201 Å². The molecule has 4 heteroatoms. The topological polar surface area (TPSA) is 34.6 Å². The van der Waals surface area contributed by atoms with Crippen molar-refractivity contribution in [3.05, 3.63) is 78.5 Å². The number of aromatic nitrogens is 1. The summed E-state index contributed by atoms with van der Waals surface area (Å²) in [5, 5.41) is 3.48. The molecule has 3 aromatic carbocycles. The number of hydrogen-bond acceptors (Lipinski definition) is 4. The van der Waals surface area contributed by atoms with E-state index >= 15 is 0 Å². The summed E-state index contributed by atoms with van der Waals surface area (Å²) in [5.74, 6) is 3.38. The van der Waals surface area contributed by atoms with E-state index in [1.165, 1.54) is 36.8 Å². The van der Waals surface area contributed by atoms with Crippen LogP contribution < -0.4 is 9.47 Å². The largest absolute Gasteiger partial charge is 0.497 e. The van der Waals surface area contributed by atoms with E-state index < -0.39 is 0 Å². The molecule has 2 unspecified atom stereocenters. The zero-order valence-electron chi connectivity index (χ0n) is 20.0. The van der Waals surface area contributed by atoms with Crippen LogP contribution in [0.25, 0.3) is 21.7 Å². The fourth-order valence-electron chi connectivity index (χ4n) is 6.26. The summed E-state index contributed by atoms with van der Waals surface area (Å²) in [7, 11) is 1.72. The smallest absolute Gasteiger partial charge is 0.140 e. The van der Waals surface area contributed by atoms with Crippen LogP contribution in [-0.2, 0) is 0 Å². The van der Waals surface area contributed by atoms with E-state index in [1.54, 1.807) is 7.11 Å². The Morgan fingerprint density at radius 2 is 1.91 bits per heavy atom. The van der Waals surface area contributed by atoms with Crippen molar-refractivity contribution in [1.82, 2.24) is 9.88 Å². The second-order valence-corrected chi connectivity index (χ2v) is 9.81. The van der Waals surface area contributed by atoms with Gasteiger partial charge in [-0.05, 0) is 66.9 Å². The molecule has 0 aliphatic carbocycles. The zero-order chi connectivity index (χ0) is 23.1. The van der Waals surface area contributed by atoms with Crippen LogP contribution >= 0.6 is 0 Å². The molecule has 0 N–H and O–H groups in total. The van der Waals surface area contributed by atoms with Crippen molar-refractivity contribution in [3.63, 3.8) is 0 Å². The molecule has 0 spiro atoms. The van der Waals surface area contributed by atoms with Gasteiger partial charge in [0.25, 0.3) is 0 Å². The lowest BCUT2D eigenvalue weighted by Crippen LogP contribution is -2.56. The first kappa shape index (κ1) is 21.4. The summed E-state index contributed by atoms with van der Waals surface area (Å²) >= 11 is 0. The summed E-state index contributed by atoms with van der Waals surface area (Å²) in [6, 6.07) is 23.5. The van der Waals surface area contributed by atoms with Crippen LogP contribution in [0.5, 0.6) is 11.5 Å². The SMILES string of the molecule is CC[C@H]1CN2CC[C@H]1CC2[C@@H](Oc1cccc2ccccc12)c1ccnc2ccc(OC)cc12. The first-order valence-corrected chi connectivity index (χ1v) is 12.6. The molecule has 4 nitrogen and oxygen atoms in total. The maximum Gasteiger partial charge on any atom is 0.140 e. The van der Waals surface area contributed by atoms with Gasteiger partial charge >= 0.3 is 0 Å². The molecule has 174 valence electrons. The average Bonchev–Trinajstić information content (AvgIpc) is 2.91. The van der Waals surface area contributed by atoms with Crippen LogP contribution in [0.2, 0.25) is 0 Å². The number of piperidine rings is 3. The van der Waals surface area contributed by atoms with Crippen LogP contribution in [0.1, 0.15) is 37.9 Å². The first-order chi connectivity index (χ1) is 16.7. The predicted octanol–water partition coefficient (Wildman–Crippen LogP) is 6.64. The van der Waals surface area contributed by atoms with E-state index in [2.05, 4.69) is 71.4 Å². The van der Waals surface area contributed by atoms with Crippen LogP contribution in [0.3, 0.4) is 0 Å². The van der Waals surface area contributed by atoms with Gasteiger partial charge in [0.1, 0.15) is 17.6 Å². The number of fused-ring (bicyclic) bond motifs is 5. The molecule has 7 rings (SSSR count). The highest BCUT2D eigenvalue weighted by molar-refractivity contribution is 5.88. The summed E-state index contributed by atoms with van der Waals surface area (Å²) in [4.78, 5) is 7.34. The van der Waals surface area contributed by atoms with Crippen molar-refractivity contribution >= 4 is 21.7 Å². The van der Waals surface area contributed by atoms with Gasteiger partial charge < -0.3 is 9.47 Å². The van der Waals surface area contributed by atoms with Crippen molar-refractivity contribution in [3.8, 4) is 11.5 Å². The lowest BCUT2D eigenvalue weighted by Gasteiger charge is -2.52. The molecule has 3 saturated heterocycles. The van der Waals surface area contributed by atoms with Gasteiger partial charge in [0, 0.05) is 29.1 Å². The van der Waals surface area contributed by atoms with E-state index in [-0.39, 0.29) is 6.10 Å². The van der Waals surface area contributed by atoms with Crippen molar-refractivity contribution in [2.24, 2.45) is 11.8 Å². The summed E-state index contributed by atoms with van der Waals surface area (Å²) in [6.07, 6.45) is 5.60. The molecule has 4 heterocycles. The fraction of sp³-hybridized carbons (Fsp3) is 0.367. The van der Waals surface area contributed by atoms with Gasteiger partial charge in [-0.25, -0.2) is 0 Å². The van der Waals surface area contributed by atoms with Gasteiger partial charge in [-0.1, -0.05) is 49.7 Å². The number of benzene rings is 3. The van der Waals surface area contributed by atoms with Crippen molar-refractivity contribution in [2.75, 3.05) is 20.2 Å². The van der Waals surface area contributed by atoms with Gasteiger partial charge in [-0.3, -0.25) is 9.88 Å². The normalized spacial score (nSPS) is 24.9. The summed E-state index contributed by atoms with van der Waals surface area (Å²) < 4.78 is 12.6. The summed E-state index contributed by atoms with van der Waals surface area (Å²) in [6.45, 7) is 4.68. The van der Waals surface area contributed by atoms with Gasteiger partial charge in [0.2, 0.25) is 0 Å². The molecule has 3 fully saturated rings. The zero-order valence-corrected chi connectivity index (χ0v) is 20.0. The van der Waals surface area contributed by atoms with Gasteiger partial charge in [-0.15, -0.1) is 0 Å². The second kappa shape index (κ2) is 8.92. The van der Waals surface area contributed by atoms with Crippen LogP contribution in [0.4, 0.5) is 0 Å². The standard InChI is InChI=1S/C30H32N2O2/c1-3-20-19-32-16-14-22(20)17-28(32)30(34-29-10-6-8-21-7-4-5-9-24(21)29)25-13-15-31-27-12-11-23(33-2)18-26(25)27/h4-13,15,18,20,22,28,30H,3,14,16-17,19H2,1-2H3/t20-,22-,28?,30-/m0/s1. The quantitative estimate of drug-likeness (QED) is 0.329. The van der Waals surface area contributed by atoms with Gasteiger partial charge in [-0.2, -0.15) is 0 Å². The Hall–Kier alpha value is -3.11. The van der Waals surface area contributed by atoms with Crippen molar-refractivity contribution in [1.29, 1.82) is 0 Å². The molecule has 0 amide bonds. The van der Waals surface area contributed by atoms with E-state index in [4.69, 9.17) is 9.47 Å². The van der Waals surface area contributed by atoms with E-state index in [0.717, 1.165) is 46.2 Å². The number of hydrogen-bond donors (Lipinski definition) is 0. The highest BCUT2D eigenvalue weighted by atomic mass is 16.5. The fourth-order valence-corrected chi connectivity index (χ4v) is 6.26. The number of nitrogens with zero attached hydrogens (tertiary/aromatic N) is 2. The lowest BCUT2D eigenvalue weighted by atomic mass is 9.72. The highest BCUT2D eigenvalue weighted by Gasteiger charge is 2.44. The van der Waals surface area contributed by atoms with E-state index in [0.29, 0.717) is 6.04 Å². The number of ether oxygens (including phenoxy) is 2. The lowest BCUT2D eigenvalue weighted by molar-refractivity contribution is -0.0480. The van der Waals surface area contributed by atoms with E-state index in [9.17, 15) is 0 Å². The Morgan fingerprint density at radius 3 is 2.74 bits per heavy atom. The minimum atomic E-state index is -0.0796. The predicted molar refractivity (Wildman–Crippen MR) is 137 cm³/mol. The van der Waals surface area contributed by atoms with E-state index in [1.807, 2.05) is 18.3 Å². The minimum Gasteiger partial charge on any atom is -0.497 e. The summed E-state index contributed by atoms with van der Waals surface area (Å²) in [5.41, 5.74) is 2.18. The van der Waals surface area contributed by atoms with Gasteiger partial charge in [0.05, 0.1) is 18.7 Å². The third kappa shape index (κ3) is 3.70. The molecule has 5 atom stereocenters. The third-order valence-corrected chi connectivity index (χ3v) is 8.10. The first-order valence-electron chi connectivity index (χ1n) is 12.6. The Kier molecular flexibility index (Phi) is 5.62. The highest BCUT2D eigenvalue weighted by Crippen LogP contribution is 2.45. The van der Waals surface area contributed by atoms with Crippen LogP contribution in [0, 0.1) is 11.8 Å². The van der Waals surface area contributed by atoms with Crippen molar-refractivity contribution < 1.29 is 9.47 Å². The maximum absolute atomic E-state index is 7.05. The van der Waals surface area contributed by atoms with Crippen LogP contribution in [-0.4, -0.2) is 36.1 Å². The molecule has 4 aromatic rings. The van der Waals surface area contributed by atoms with Gasteiger partial charge in [0.15, 0.2) is 0 Å². The molecule has 1 aromatic heterocycles. The Morgan fingerprint density at radius 1 is 1.03 bits per heavy atom. The van der Waals surface area contributed by atoms with Crippen LogP contribution in [0.15, 0.2) is 72.9 Å². The average molecular weight is 453 g/mol. The molecular formula is C30H32N2O2. The molecule has 0 saturated carbocycles. The number of methoxy groups -OCH3 is 1. The number of pyridine rings is 1. The molecule has 34 heavy (non-hydrogen) atoms. The Bertz CT molecular complexity index is 1310. The molecule has 0 radical (unpaired) electrons. The molecule has 3 aliphatic heterocycles.